The first kappa shape index (κ1) is 29.9. The number of hydrazine groups is 1. The highest BCUT2D eigenvalue weighted by Gasteiger charge is 2.39. The Morgan fingerprint density at radius 1 is 1.07 bits per heavy atom. The quantitative estimate of drug-likeness (QED) is 0.310. The van der Waals surface area contributed by atoms with Crippen molar-refractivity contribution in [1.29, 1.82) is 0 Å². The fourth-order valence-corrected chi connectivity index (χ4v) is 6.16. The highest BCUT2D eigenvalue weighted by Crippen LogP contribution is 2.37. The second-order valence-corrected chi connectivity index (χ2v) is 11.3. The number of hydrogen-bond donors (Lipinski definition) is 0. The predicted molar refractivity (Wildman–Crippen MR) is 143 cm³/mol. The fraction of sp³-hybridized carbons (Fsp3) is 0.346. The van der Waals surface area contributed by atoms with Crippen molar-refractivity contribution in [3.63, 3.8) is 0 Å². The summed E-state index contributed by atoms with van der Waals surface area (Å²) in [6.45, 7) is -0.180. The molecule has 0 amide bonds. The standard InChI is InChI=1S/C26H28ClF3N4O5S/c1-32(25-23(27)13-18(15-31-25)26(28,29)30)34(40(35,36)22-11-9-20(38-4)10-12-22)16-21-14-24(33(2)39-21)17-5-7-19(37-3)8-6-17/h5-13,15,21,24H,14,16H2,1-4H3/t21-,24-/m1/s1. The zero-order chi connectivity index (χ0) is 29.2. The van der Waals surface area contributed by atoms with Crippen molar-refractivity contribution >= 4 is 27.4 Å². The number of anilines is 1. The number of benzene rings is 2. The molecule has 9 nitrogen and oxygen atoms in total. The molecule has 0 N–H and O–H groups in total. The molecule has 0 unspecified atom stereocenters. The minimum Gasteiger partial charge on any atom is -0.497 e. The molecule has 0 aliphatic carbocycles. The van der Waals surface area contributed by atoms with Crippen molar-refractivity contribution in [1.82, 2.24) is 14.5 Å². The third kappa shape index (κ3) is 6.28. The molecule has 40 heavy (non-hydrogen) atoms. The van der Waals surface area contributed by atoms with Gasteiger partial charge in [0.15, 0.2) is 5.82 Å². The molecule has 216 valence electrons. The Balaban J connectivity index is 1.67. The van der Waals surface area contributed by atoms with Crippen molar-refractivity contribution in [2.24, 2.45) is 0 Å². The second kappa shape index (κ2) is 11.8. The summed E-state index contributed by atoms with van der Waals surface area (Å²) in [5.41, 5.74) is -0.113. The van der Waals surface area contributed by atoms with Gasteiger partial charge < -0.3 is 9.47 Å². The second-order valence-electron chi connectivity index (χ2n) is 9.03. The number of nitrogens with zero attached hydrogens (tertiary/aromatic N) is 4. The molecular formula is C26H28ClF3N4O5S. The van der Waals surface area contributed by atoms with Gasteiger partial charge in [0.25, 0.3) is 10.0 Å². The van der Waals surface area contributed by atoms with E-state index in [-0.39, 0.29) is 28.3 Å². The van der Waals surface area contributed by atoms with Gasteiger partial charge in [0.2, 0.25) is 0 Å². The van der Waals surface area contributed by atoms with Gasteiger partial charge in [0, 0.05) is 20.3 Å². The molecule has 3 aromatic rings. The number of hydrogen-bond acceptors (Lipinski definition) is 8. The topological polar surface area (TPSA) is 84.4 Å². The summed E-state index contributed by atoms with van der Waals surface area (Å²) >= 11 is 6.19. The van der Waals surface area contributed by atoms with E-state index in [0.717, 1.165) is 15.0 Å². The van der Waals surface area contributed by atoms with Crippen molar-refractivity contribution in [2.45, 2.75) is 29.6 Å². The van der Waals surface area contributed by atoms with E-state index >= 15 is 0 Å². The van der Waals surface area contributed by atoms with Gasteiger partial charge in [-0.3, -0.25) is 9.85 Å². The number of hydroxylamine groups is 2. The van der Waals surface area contributed by atoms with Crippen LogP contribution in [0.2, 0.25) is 5.02 Å². The Bertz CT molecular complexity index is 1430. The molecule has 0 radical (unpaired) electrons. The van der Waals surface area contributed by atoms with Crippen molar-refractivity contribution in [3.05, 3.63) is 76.9 Å². The van der Waals surface area contributed by atoms with Crippen LogP contribution in [0.4, 0.5) is 19.0 Å². The fourth-order valence-electron chi connectivity index (χ4n) is 4.38. The molecule has 2 aromatic carbocycles. The average molecular weight is 601 g/mol. The Morgan fingerprint density at radius 3 is 2.17 bits per heavy atom. The zero-order valence-electron chi connectivity index (χ0n) is 22.1. The van der Waals surface area contributed by atoms with Gasteiger partial charge in [-0.05, 0) is 54.4 Å². The summed E-state index contributed by atoms with van der Waals surface area (Å²) in [6.07, 6.45) is -4.24. The van der Waals surface area contributed by atoms with Crippen molar-refractivity contribution < 1.29 is 35.9 Å². The maximum Gasteiger partial charge on any atom is 0.417 e. The minimum atomic E-state index is -4.67. The van der Waals surface area contributed by atoms with Crippen LogP contribution >= 0.6 is 11.6 Å². The Morgan fingerprint density at radius 2 is 1.65 bits per heavy atom. The van der Waals surface area contributed by atoms with Crippen LogP contribution in [0.5, 0.6) is 11.5 Å². The smallest absolute Gasteiger partial charge is 0.417 e. The summed E-state index contributed by atoms with van der Waals surface area (Å²) in [7, 11) is 1.88. The van der Waals surface area contributed by atoms with Gasteiger partial charge in [0.05, 0.1) is 48.4 Å². The largest absolute Gasteiger partial charge is 0.497 e. The van der Waals surface area contributed by atoms with Crippen LogP contribution in [0.15, 0.2) is 65.7 Å². The van der Waals surface area contributed by atoms with Gasteiger partial charge in [-0.15, -0.1) is 4.41 Å². The van der Waals surface area contributed by atoms with Gasteiger partial charge in [-0.2, -0.15) is 18.2 Å². The number of ether oxygens (including phenoxy) is 2. The van der Waals surface area contributed by atoms with Crippen molar-refractivity contribution in [2.75, 3.05) is 39.9 Å². The van der Waals surface area contributed by atoms with Crippen LogP contribution in [0, 0.1) is 0 Å². The summed E-state index contributed by atoms with van der Waals surface area (Å²) in [5, 5.41) is 2.40. The van der Waals surface area contributed by atoms with E-state index in [4.69, 9.17) is 25.9 Å². The van der Waals surface area contributed by atoms with Crippen molar-refractivity contribution in [3.8, 4) is 11.5 Å². The Hall–Kier alpha value is -3.10. The van der Waals surface area contributed by atoms with Crippen LogP contribution in [0.3, 0.4) is 0 Å². The Labute approximate surface area is 235 Å². The maximum absolute atomic E-state index is 13.9. The summed E-state index contributed by atoms with van der Waals surface area (Å²) in [4.78, 5) is 9.80. The first-order valence-electron chi connectivity index (χ1n) is 12.0. The monoisotopic (exact) mass is 600 g/mol. The lowest BCUT2D eigenvalue weighted by molar-refractivity contribution is -0.146. The molecule has 14 heteroatoms. The van der Waals surface area contributed by atoms with E-state index in [1.165, 1.54) is 38.4 Å². The molecule has 1 fully saturated rings. The molecular weight excluding hydrogens is 573 g/mol. The molecule has 2 atom stereocenters. The minimum absolute atomic E-state index is 0.0683. The van der Waals surface area contributed by atoms with E-state index in [1.54, 1.807) is 19.2 Å². The maximum atomic E-state index is 13.9. The van der Waals surface area contributed by atoms with E-state index in [9.17, 15) is 21.6 Å². The highest BCUT2D eigenvalue weighted by molar-refractivity contribution is 7.89. The highest BCUT2D eigenvalue weighted by atomic mass is 35.5. The molecule has 1 aliphatic rings. The SMILES string of the molecule is COc1ccc([C@H]2C[C@H](CN(N(C)c3ncc(C(F)(F)F)cc3Cl)S(=O)(=O)c3ccc(OC)cc3)ON2C)cc1. The zero-order valence-corrected chi connectivity index (χ0v) is 23.7. The number of pyridine rings is 1. The molecule has 1 aliphatic heterocycles. The number of methoxy groups -OCH3 is 2. The number of halogens is 4. The average Bonchev–Trinajstić information content (AvgIpc) is 3.30. The Kier molecular flexibility index (Phi) is 8.80. The van der Waals surface area contributed by atoms with Gasteiger partial charge >= 0.3 is 6.18 Å². The lowest BCUT2D eigenvalue weighted by Crippen LogP contribution is -2.48. The summed E-state index contributed by atoms with van der Waals surface area (Å²) in [5.74, 6) is 0.973. The molecule has 0 saturated carbocycles. The first-order chi connectivity index (χ1) is 18.8. The number of rotatable bonds is 9. The van der Waals surface area contributed by atoms with Crippen LogP contribution in [0.1, 0.15) is 23.6 Å². The van der Waals surface area contributed by atoms with E-state index in [1.807, 2.05) is 24.3 Å². The van der Waals surface area contributed by atoms with E-state index in [2.05, 4.69) is 4.98 Å². The predicted octanol–water partition coefficient (Wildman–Crippen LogP) is 5.19. The molecule has 2 heterocycles. The molecule has 1 saturated heterocycles. The third-order valence-corrected chi connectivity index (χ3v) is 8.62. The first-order valence-corrected chi connectivity index (χ1v) is 13.8. The van der Waals surface area contributed by atoms with Crippen LogP contribution in [-0.2, 0) is 21.0 Å². The van der Waals surface area contributed by atoms with Gasteiger partial charge in [-0.1, -0.05) is 23.7 Å². The number of alkyl halides is 3. The molecule has 0 spiro atoms. The summed E-state index contributed by atoms with van der Waals surface area (Å²) in [6, 6.07) is 13.7. The van der Waals surface area contributed by atoms with Gasteiger partial charge in [0.1, 0.15) is 11.5 Å². The van der Waals surface area contributed by atoms with Crippen LogP contribution in [0.25, 0.3) is 0 Å². The van der Waals surface area contributed by atoms with Crippen LogP contribution in [-0.4, -0.2) is 63.8 Å². The molecule has 4 rings (SSSR count). The molecule has 1 aromatic heterocycles. The molecule has 0 bridgehead atoms. The summed E-state index contributed by atoms with van der Waals surface area (Å²) < 4.78 is 78.7. The normalized spacial score (nSPS) is 18.2. The van der Waals surface area contributed by atoms with E-state index in [0.29, 0.717) is 30.2 Å². The lowest BCUT2D eigenvalue weighted by atomic mass is 10.0. The van der Waals surface area contributed by atoms with Crippen LogP contribution < -0.4 is 14.5 Å². The lowest BCUT2D eigenvalue weighted by Gasteiger charge is -2.33. The third-order valence-electron chi connectivity index (χ3n) is 6.53. The van der Waals surface area contributed by atoms with Gasteiger partial charge in [-0.25, -0.2) is 13.4 Å². The number of aromatic nitrogens is 1. The van der Waals surface area contributed by atoms with E-state index < -0.39 is 27.9 Å². The number of sulfonamides is 1.